The van der Waals surface area contributed by atoms with Crippen molar-refractivity contribution >= 4 is 5.91 Å². The molecule has 1 amide bonds. The molecule has 1 rings (SSSR count). The second-order valence-corrected chi connectivity index (χ2v) is 5.13. The number of aliphatic hydroxyl groups is 1. The molecule has 6 heteroatoms. The van der Waals surface area contributed by atoms with Gasteiger partial charge in [0.25, 0.3) is 0 Å². The Hall–Kier alpha value is -1.56. The van der Waals surface area contributed by atoms with Gasteiger partial charge in [0.2, 0.25) is 5.91 Å². The van der Waals surface area contributed by atoms with Crippen molar-refractivity contribution in [1.82, 2.24) is 5.32 Å². The number of aliphatic hydroxyl groups excluding tert-OH is 1. The number of amides is 1. The molecule has 0 heterocycles. The standard InChI is InChI=1S/C15H20F3NO2/c1-11(7-8-20)10-19-14(21)9-13(15(16,17)18)12-5-3-2-4-6-12/h2-6,11,13,20H,7-10H2,1H3,(H,19,21). The first kappa shape index (κ1) is 17.5. The molecule has 0 aliphatic carbocycles. The number of rotatable bonds is 7. The summed E-state index contributed by atoms with van der Waals surface area (Å²) in [4.78, 5) is 11.7. The Kier molecular flexibility index (Phi) is 6.68. The molecule has 0 spiro atoms. The van der Waals surface area contributed by atoms with Gasteiger partial charge in [0.05, 0.1) is 5.92 Å². The Balaban J connectivity index is 2.64. The number of halogens is 3. The van der Waals surface area contributed by atoms with Crippen LogP contribution in [0.3, 0.4) is 0 Å². The maximum atomic E-state index is 13.1. The van der Waals surface area contributed by atoms with E-state index < -0.39 is 24.4 Å². The summed E-state index contributed by atoms with van der Waals surface area (Å²) in [6.07, 6.45) is -4.59. The normalized spacial score (nSPS) is 14.5. The zero-order chi connectivity index (χ0) is 15.9. The number of hydrogen-bond acceptors (Lipinski definition) is 2. The number of carbonyl (C=O) groups excluding carboxylic acids is 1. The van der Waals surface area contributed by atoms with Crippen LogP contribution in [0.4, 0.5) is 13.2 Å². The van der Waals surface area contributed by atoms with E-state index in [1.807, 2.05) is 6.92 Å². The van der Waals surface area contributed by atoms with Crippen LogP contribution in [0.1, 0.15) is 31.2 Å². The summed E-state index contributed by atoms with van der Waals surface area (Å²) >= 11 is 0. The molecule has 3 nitrogen and oxygen atoms in total. The first-order chi connectivity index (χ1) is 9.84. The summed E-state index contributed by atoms with van der Waals surface area (Å²) in [5.41, 5.74) is 0.0866. The molecular formula is C15H20F3NO2. The van der Waals surface area contributed by atoms with Gasteiger partial charge in [-0.2, -0.15) is 13.2 Å². The van der Waals surface area contributed by atoms with Gasteiger partial charge in [0.1, 0.15) is 0 Å². The summed E-state index contributed by atoms with van der Waals surface area (Å²) in [5, 5.41) is 11.2. The summed E-state index contributed by atoms with van der Waals surface area (Å²) in [6, 6.07) is 7.43. The molecule has 2 N–H and O–H groups in total. The van der Waals surface area contributed by atoms with Crippen LogP contribution in [0, 0.1) is 5.92 Å². The SMILES string of the molecule is CC(CCO)CNC(=O)CC(c1ccccc1)C(F)(F)F. The fraction of sp³-hybridized carbons (Fsp3) is 0.533. The molecule has 0 aromatic heterocycles. The Labute approximate surface area is 122 Å². The zero-order valence-electron chi connectivity index (χ0n) is 11.9. The second kappa shape index (κ2) is 8.02. The van der Waals surface area contributed by atoms with E-state index in [2.05, 4.69) is 5.32 Å². The highest BCUT2D eigenvalue weighted by atomic mass is 19.4. The molecule has 0 saturated heterocycles. The molecule has 0 radical (unpaired) electrons. The maximum absolute atomic E-state index is 13.1. The Morgan fingerprint density at radius 3 is 2.43 bits per heavy atom. The Morgan fingerprint density at radius 1 is 1.29 bits per heavy atom. The van der Waals surface area contributed by atoms with E-state index in [0.29, 0.717) is 6.42 Å². The second-order valence-electron chi connectivity index (χ2n) is 5.13. The summed E-state index contributed by atoms with van der Waals surface area (Å²) in [5.74, 6) is -2.40. The van der Waals surface area contributed by atoms with Crippen molar-refractivity contribution in [2.75, 3.05) is 13.2 Å². The average molecular weight is 303 g/mol. The van der Waals surface area contributed by atoms with Gasteiger partial charge < -0.3 is 10.4 Å². The van der Waals surface area contributed by atoms with Crippen LogP contribution in [0.2, 0.25) is 0 Å². The minimum atomic E-state index is -4.46. The van der Waals surface area contributed by atoms with Gasteiger partial charge in [-0.15, -0.1) is 0 Å². The number of benzene rings is 1. The third kappa shape index (κ3) is 6.16. The van der Waals surface area contributed by atoms with E-state index in [-0.39, 0.29) is 24.6 Å². The summed E-state index contributed by atoms with van der Waals surface area (Å²) in [6.45, 7) is 2.07. The van der Waals surface area contributed by atoms with Gasteiger partial charge in [-0.25, -0.2) is 0 Å². The molecule has 0 bridgehead atoms. The third-order valence-electron chi connectivity index (χ3n) is 3.26. The fourth-order valence-corrected chi connectivity index (χ4v) is 1.98. The van der Waals surface area contributed by atoms with Gasteiger partial charge in [-0.1, -0.05) is 37.3 Å². The highest BCUT2D eigenvalue weighted by Crippen LogP contribution is 2.37. The predicted molar refractivity (Wildman–Crippen MR) is 73.7 cm³/mol. The van der Waals surface area contributed by atoms with E-state index in [9.17, 15) is 18.0 Å². The molecule has 2 unspecified atom stereocenters. The topological polar surface area (TPSA) is 49.3 Å². The number of alkyl halides is 3. The van der Waals surface area contributed by atoms with Gasteiger partial charge >= 0.3 is 6.18 Å². The van der Waals surface area contributed by atoms with Crippen LogP contribution < -0.4 is 5.32 Å². The molecule has 2 atom stereocenters. The molecule has 1 aromatic rings. The smallest absolute Gasteiger partial charge is 0.396 e. The van der Waals surface area contributed by atoms with Crippen molar-refractivity contribution in [2.24, 2.45) is 5.92 Å². The summed E-state index contributed by atoms with van der Waals surface area (Å²) in [7, 11) is 0. The minimum absolute atomic E-state index is 0.00771. The average Bonchev–Trinajstić information content (AvgIpc) is 2.42. The van der Waals surface area contributed by atoms with Crippen LogP contribution in [-0.4, -0.2) is 30.3 Å². The molecule has 1 aromatic carbocycles. The maximum Gasteiger partial charge on any atom is 0.396 e. The first-order valence-electron chi connectivity index (χ1n) is 6.83. The molecule has 0 fully saturated rings. The highest BCUT2D eigenvalue weighted by Gasteiger charge is 2.41. The van der Waals surface area contributed by atoms with Crippen molar-refractivity contribution in [2.45, 2.75) is 31.9 Å². The molecule has 0 saturated carbocycles. The number of carbonyl (C=O) groups is 1. The van der Waals surface area contributed by atoms with E-state index in [1.165, 1.54) is 24.3 Å². The number of hydrogen-bond donors (Lipinski definition) is 2. The Morgan fingerprint density at radius 2 is 1.90 bits per heavy atom. The van der Waals surface area contributed by atoms with Gasteiger partial charge in [0, 0.05) is 19.6 Å². The quantitative estimate of drug-likeness (QED) is 0.814. The predicted octanol–water partition coefficient (Wildman–Crippen LogP) is 2.86. The van der Waals surface area contributed by atoms with Crippen molar-refractivity contribution in [3.8, 4) is 0 Å². The van der Waals surface area contributed by atoms with Crippen molar-refractivity contribution in [3.63, 3.8) is 0 Å². The zero-order valence-corrected chi connectivity index (χ0v) is 11.9. The van der Waals surface area contributed by atoms with Crippen molar-refractivity contribution in [3.05, 3.63) is 35.9 Å². The van der Waals surface area contributed by atoms with E-state index in [0.717, 1.165) is 0 Å². The van der Waals surface area contributed by atoms with Gasteiger partial charge in [-0.05, 0) is 17.9 Å². The van der Waals surface area contributed by atoms with Crippen LogP contribution in [0.15, 0.2) is 30.3 Å². The lowest BCUT2D eigenvalue weighted by atomic mass is 9.94. The Bertz CT molecular complexity index is 434. The van der Waals surface area contributed by atoms with Crippen LogP contribution in [0.25, 0.3) is 0 Å². The molecule has 21 heavy (non-hydrogen) atoms. The lowest BCUT2D eigenvalue weighted by Crippen LogP contribution is -2.33. The number of nitrogens with one attached hydrogen (secondary N) is 1. The van der Waals surface area contributed by atoms with E-state index in [1.54, 1.807) is 6.07 Å². The fourth-order valence-electron chi connectivity index (χ4n) is 1.98. The minimum Gasteiger partial charge on any atom is -0.396 e. The molecular weight excluding hydrogens is 283 g/mol. The third-order valence-corrected chi connectivity index (χ3v) is 3.26. The molecule has 0 aliphatic heterocycles. The monoisotopic (exact) mass is 303 g/mol. The van der Waals surface area contributed by atoms with Crippen molar-refractivity contribution < 1.29 is 23.1 Å². The lowest BCUT2D eigenvalue weighted by molar-refractivity contribution is -0.157. The highest BCUT2D eigenvalue weighted by molar-refractivity contribution is 5.77. The van der Waals surface area contributed by atoms with Crippen molar-refractivity contribution in [1.29, 1.82) is 0 Å². The van der Waals surface area contributed by atoms with E-state index >= 15 is 0 Å². The van der Waals surface area contributed by atoms with Crippen LogP contribution in [0.5, 0.6) is 0 Å². The molecule has 118 valence electrons. The van der Waals surface area contributed by atoms with Gasteiger partial charge in [-0.3, -0.25) is 4.79 Å². The van der Waals surface area contributed by atoms with Gasteiger partial charge in [0.15, 0.2) is 0 Å². The molecule has 0 aliphatic rings. The first-order valence-corrected chi connectivity index (χ1v) is 6.83. The lowest BCUT2D eigenvalue weighted by Gasteiger charge is -2.21. The van der Waals surface area contributed by atoms with E-state index in [4.69, 9.17) is 5.11 Å². The summed E-state index contributed by atoms with van der Waals surface area (Å²) < 4.78 is 39.2. The largest absolute Gasteiger partial charge is 0.396 e. The van der Waals surface area contributed by atoms with Crippen LogP contribution in [-0.2, 0) is 4.79 Å². The van der Waals surface area contributed by atoms with Crippen LogP contribution >= 0.6 is 0 Å².